The Balaban J connectivity index is 1.73. The van der Waals surface area contributed by atoms with Gasteiger partial charge in [0.1, 0.15) is 0 Å². The fraction of sp³-hybridized carbons (Fsp3) is 0.259. The van der Waals surface area contributed by atoms with Gasteiger partial charge in [-0.3, -0.25) is 24.6 Å². The molecule has 2 aliphatic rings. The Morgan fingerprint density at radius 2 is 1.76 bits per heavy atom. The van der Waals surface area contributed by atoms with Crippen LogP contribution in [-0.2, 0) is 9.59 Å². The van der Waals surface area contributed by atoms with Crippen LogP contribution in [0, 0.1) is 15.5 Å². The molecule has 0 bridgehead atoms. The van der Waals surface area contributed by atoms with Gasteiger partial charge < -0.3 is 0 Å². The monoisotopic (exact) mass is 474 g/mol. The molecule has 0 fully saturated rings. The molecule has 0 spiro atoms. The van der Waals surface area contributed by atoms with Crippen molar-refractivity contribution in [2.24, 2.45) is 5.41 Å². The molecule has 1 unspecified atom stereocenters. The maximum atomic E-state index is 13.6. The standard InChI is InChI=1S/C27H23ClN2O4/c1-27(2)14-23-26(24(31)15-27)20(19-9-5-7-16-6-3-4-8-18(16)19)13-25(32)29(23)22-11-10-17(30(33)34)12-21(22)28/h3-12,20H,13-15H2,1-2H3. The lowest BCUT2D eigenvalue weighted by atomic mass is 9.69. The predicted molar refractivity (Wildman–Crippen MR) is 132 cm³/mol. The van der Waals surface area contributed by atoms with Crippen LogP contribution >= 0.6 is 11.6 Å². The summed E-state index contributed by atoms with van der Waals surface area (Å²) in [4.78, 5) is 39.4. The topological polar surface area (TPSA) is 80.5 Å². The summed E-state index contributed by atoms with van der Waals surface area (Å²) in [5, 5.41) is 13.4. The summed E-state index contributed by atoms with van der Waals surface area (Å²) in [5.41, 5.74) is 2.13. The number of carbonyl (C=O) groups is 2. The summed E-state index contributed by atoms with van der Waals surface area (Å²) in [5.74, 6) is -0.511. The average Bonchev–Trinajstić information content (AvgIpc) is 2.77. The number of halogens is 1. The third-order valence-electron chi connectivity index (χ3n) is 6.72. The fourth-order valence-corrected chi connectivity index (χ4v) is 5.56. The zero-order chi connectivity index (χ0) is 24.2. The molecule has 0 N–H and O–H groups in total. The highest BCUT2D eigenvalue weighted by molar-refractivity contribution is 6.34. The molecular weight excluding hydrogens is 452 g/mol. The summed E-state index contributed by atoms with van der Waals surface area (Å²) in [6.07, 6.45) is 1.03. The van der Waals surface area contributed by atoms with Crippen LogP contribution in [0.4, 0.5) is 11.4 Å². The number of non-ortho nitro benzene ring substituents is 1. The molecular formula is C27H23ClN2O4. The largest absolute Gasteiger partial charge is 0.294 e. The van der Waals surface area contributed by atoms with Crippen molar-refractivity contribution >= 4 is 45.4 Å². The van der Waals surface area contributed by atoms with Crippen molar-refractivity contribution in [3.8, 4) is 0 Å². The van der Waals surface area contributed by atoms with Gasteiger partial charge in [-0.05, 0) is 34.2 Å². The number of hydrogen-bond donors (Lipinski definition) is 0. The van der Waals surface area contributed by atoms with Crippen molar-refractivity contribution in [3.63, 3.8) is 0 Å². The number of nitro benzene ring substituents is 1. The number of Topliss-reactive ketones (excluding diaryl/α,β-unsaturated/α-hetero) is 1. The molecule has 1 aliphatic heterocycles. The molecule has 3 aromatic carbocycles. The first-order valence-corrected chi connectivity index (χ1v) is 11.5. The summed E-state index contributed by atoms with van der Waals surface area (Å²) in [6.45, 7) is 4.02. The lowest BCUT2D eigenvalue weighted by Crippen LogP contribution is -2.43. The van der Waals surface area contributed by atoms with Crippen LogP contribution in [0.15, 0.2) is 71.9 Å². The second-order valence-corrected chi connectivity index (χ2v) is 10.2. The van der Waals surface area contributed by atoms with Gasteiger partial charge in [-0.2, -0.15) is 0 Å². The summed E-state index contributed by atoms with van der Waals surface area (Å²) in [6, 6.07) is 18.0. The molecule has 0 saturated heterocycles. The van der Waals surface area contributed by atoms with Gasteiger partial charge in [-0.1, -0.05) is 67.9 Å². The zero-order valence-electron chi connectivity index (χ0n) is 18.9. The van der Waals surface area contributed by atoms with E-state index in [9.17, 15) is 19.7 Å². The Hall–Kier alpha value is -3.51. The number of hydrogen-bond acceptors (Lipinski definition) is 4. The van der Waals surface area contributed by atoms with E-state index in [0.717, 1.165) is 16.3 Å². The molecule has 1 heterocycles. The van der Waals surface area contributed by atoms with Gasteiger partial charge in [0.25, 0.3) is 5.69 Å². The summed E-state index contributed by atoms with van der Waals surface area (Å²) in [7, 11) is 0. The molecule has 3 aromatic rings. The van der Waals surface area contributed by atoms with E-state index < -0.39 is 4.92 Å². The quantitative estimate of drug-likeness (QED) is 0.318. The Morgan fingerprint density at radius 1 is 1.03 bits per heavy atom. The van der Waals surface area contributed by atoms with E-state index in [0.29, 0.717) is 29.8 Å². The van der Waals surface area contributed by atoms with Crippen molar-refractivity contribution in [3.05, 3.63) is 92.6 Å². The number of fused-ring (bicyclic) bond motifs is 1. The Kier molecular flexibility index (Phi) is 5.29. The summed E-state index contributed by atoms with van der Waals surface area (Å²) < 4.78 is 0. The van der Waals surface area contributed by atoms with E-state index in [4.69, 9.17) is 11.6 Å². The number of ketones is 1. The minimum absolute atomic E-state index is 0.0275. The van der Waals surface area contributed by atoms with Crippen molar-refractivity contribution in [2.45, 2.75) is 39.0 Å². The van der Waals surface area contributed by atoms with Crippen LogP contribution < -0.4 is 4.90 Å². The highest BCUT2D eigenvalue weighted by Crippen LogP contribution is 2.50. The Morgan fingerprint density at radius 3 is 2.50 bits per heavy atom. The van der Waals surface area contributed by atoms with Gasteiger partial charge in [-0.25, -0.2) is 0 Å². The molecule has 7 heteroatoms. The molecule has 34 heavy (non-hydrogen) atoms. The Bertz CT molecular complexity index is 1400. The highest BCUT2D eigenvalue weighted by atomic mass is 35.5. The predicted octanol–water partition coefficient (Wildman–Crippen LogP) is 6.57. The minimum Gasteiger partial charge on any atom is -0.294 e. The maximum absolute atomic E-state index is 13.6. The van der Waals surface area contributed by atoms with Gasteiger partial charge in [0.05, 0.1) is 15.6 Å². The normalized spacial score (nSPS) is 20.0. The third-order valence-corrected chi connectivity index (χ3v) is 7.03. The van der Waals surface area contributed by atoms with Crippen LogP contribution in [0.2, 0.25) is 5.02 Å². The van der Waals surface area contributed by atoms with E-state index in [1.165, 1.54) is 23.1 Å². The number of nitro groups is 1. The molecule has 172 valence electrons. The number of carbonyl (C=O) groups excluding carboxylic acids is 2. The third kappa shape index (κ3) is 3.68. The minimum atomic E-state index is -0.526. The number of allylic oxidation sites excluding steroid dienone is 2. The molecule has 0 saturated carbocycles. The first-order chi connectivity index (χ1) is 16.2. The second-order valence-electron chi connectivity index (χ2n) is 9.75. The first kappa shape index (κ1) is 22.3. The molecule has 0 aromatic heterocycles. The van der Waals surface area contributed by atoms with Crippen LogP contribution in [0.5, 0.6) is 0 Å². The maximum Gasteiger partial charge on any atom is 0.271 e. The zero-order valence-corrected chi connectivity index (χ0v) is 19.6. The van der Waals surface area contributed by atoms with Crippen LogP contribution in [0.3, 0.4) is 0 Å². The van der Waals surface area contributed by atoms with Gasteiger partial charge >= 0.3 is 0 Å². The lowest BCUT2D eigenvalue weighted by Gasteiger charge is -2.43. The number of benzene rings is 3. The number of amides is 1. The van der Waals surface area contributed by atoms with E-state index >= 15 is 0 Å². The molecule has 5 rings (SSSR count). The van der Waals surface area contributed by atoms with E-state index in [1.807, 2.05) is 56.3 Å². The van der Waals surface area contributed by atoms with Crippen molar-refractivity contribution in [2.75, 3.05) is 4.90 Å². The van der Waals surface area contributed by atoms with E-state index in [1.54, 1.807) is 0 Å². The van der Waals surface area contributed by atoms with Crippen molar-refractivity contribution in [1.29, 1.82) is 0 Å². The van der Waals surface area contributed by atoms with Crippen LogP contribution in [-0.4, -0.2) is 16.6 Å². The van der Waals surface area contributed by atoms with Crippen molar-refractivity contribution in [1.82, 2.24) is 0 Å². The van der Waals surface area contributed by atoms with Crippen molar-refractivity contribution < 1.29 is 14.5 Å². The fourth-order valence-electron chi connectivity index (χ4n) is 5.31. The SMILES string of the molecule is CC1(C)CC(=O)C2=C(C1)N(c1ccc([N+](=O)[O-])cc1Cl)C(=O)CC2c1cccc2ccccc12. The van der Waals surface area contributed by atoms with E-state index in [-0.39, 0.29) is 40.2 Å². The van der Waals surface area contributed by atoms with Gasteiger partial charge in [0, 0.05) is 42.2 Å². The van der Waals surface area contributed by atoms with Crippen LogP contribution in [0.1, 0.15) is 44.6 Å². The van der Waals surface area contributed by atoms with E-state index in [2.05, 4.69) is 0 Å². The second kappa shape index (κ2) is 8.06. The first-order valence-electron chi connectivity index (χ1n) is 11.2. The molecule has 1 aliphatic carbocycles. The molecule has 1 atom stereocenters. The van der Waals surface area contributed by atoms with Gasteiger partial charge in [0.15, 0.2) is 5.78 Å². The van der Waals surface area contributed by atoms with Crippen LogP contribution in [0.25, 0.3) is 10.8 Å². The average molecular weight is 475 g/mol. The smallest absolute Gasteiger partial charge is 0.271 e. The number of anilines is 1. The summed E-state index contributed by atoms with van der Waals surface area (Å²) >= 11 is 6.44. The Labute approximate surface area is 202 Å². The van der Waals surface area contributed by atoms with Gasteiger partial charge in [0.2, 0.25) is 5.91 Å². The molecule has 1 amide bonds. The number of rotatable bonds is 3. The molecule has 0 radical (unpaired) electrons. The molecule has 6 nitrogen and oxygen atoms in total. The van der Waals surface area contributed by atoms with Gasteiger partial charge in [-0.15, -0.1) is 0 Å². The lowest BCUT2D eigenvalue weighted by molar-refractivity contribution is -0.384. The highest BCUT2D eigenvalue weighted by Gasteiger charge is 2.45. The number of nitrogens with zero attached hydrogens (tertiary/aromatic N) is 2.